The molecule has 3 rings (SSSR count). The van der Waals surface area contributed by atoms with Crippen LogP contribution in [0.3, 0.4) is 0 Å². The monoisotopic (exact) mass is 334 g/mol. The van der Waals surface area contributed by atoms with Gasteiger partial charge >= 0.3 is 0 Å². The fourth-order valence-corrected chi connectivity index (χ4v) is 3.07. The minimum Gasteiger partial charge on any atom is -0.384 e. The van der Waals surface area contributed by atoms with Gasteiger partial charge in [0.1, 0.15) is 11.9 Å². The summed E-state index contributed by atoms with van der Waals surface area (Å²) in [5.74, 6) is 0.134. The Labute approximate surface area is 126 Å². The third-order valence-corrected chi connectivity index (χ3v) is 4.59. The number of halogens is 2. The molecule has 1 nitrogen and oxygen atoms in total. The molecule has 2 aromatic rings. The van der Waals surface area contributed by atoms with E-state index in [1.165, 1.54) is 12.5 Å². The van der Waals surface area contributed by atoms with Crippen LogP contribution in [0.1, 0.15) is 48.0 Å². The molecule has 104 valence electrons. The molecule has 0 saturated heterocycles. The largest absolute Gasteiger partial charge is 0.384 e. The van der Waals surface area contributed by atoms with Gasteiger partial charge in [0.05, 0.1) is 0 Å². The van der Waals surface area contributed by atoms with Crippen LogP contribution in [-0.4, -0.2) is 5.11 Å². The molecule has 0 heterocycles. The molecule has 0 aliphatic heterocycles. The third kappa shape index (κ3) is 2.52. The lowest BCUT2D eigenvalue weighted by Gasteiger charge is -2.29. The highest BCUT2D eigenvalue weighted by Gasteiger charge is 2.25. The average Bonchev–Trinajstić information content (AvgIpc) is 2.37. The van der Waals surface area contributed by atoms with E-state index in [-0.39, 0.29) is 5.82 Å². The van der Waals surface area contributed by atoms with Crippen molar-refractivity contribution >= 4 is 15.9 Å². The zero-order valence-corrected chi connectivity index (χ0v) is 12.6. The Morgan fingerprint density at radius 3 is 2.50 bits per heavy atom. The molecular formula is C17H16BrFO. The molecule has 20 heavy (non-hydrogen) atoms. The predicted molar refractivity (Wildman–Crippen MR) is 81.2 cm³/mol. The number of benzene rings is 2. The first-order valence-electron chi connectivity index (χ1n) is 6.88. The van der Waals surface area contributed by atoms with Crippen molar-refractivity contribution in [3.63, 3.8) is 0 Å². The molecule has 1 unspecified atom stereocenters. The quantitative estimate of drug-likeness (QED) is 0.843. The maximum Gasteiger partial charge on any atom is 0.130 e. The zero-order chi connectivity index (χ0) is 14.1. The van der Waals surface area contributed by atoms with Gasteiger partial charge in [-0.2, -0.15) is 0 Å². The SMILES string of the molecule is OC(c1ccc(Br)cc1F)c1ccccc1C1CCC1. The second kappa shape index (κ2) is 5.66. The van der Waals surface area contributed by atoms with Gasteiger partial charge in [-0.15, -0.1) is 0 Å². The topological polar surface area (TPSA) is 20.2 Å². The Hall–Kier alpha value is -1.19. The van der Waals surface area contributed by atoms with Crippen LogP contribution < -0.4 is 0 Å². The Bertz CT molecular complexity index is 622. The second-order valence-corrected chi connectivity index (χ2v) is 6.24. The van der Waals surface area contributed by atoms with Crippen LogP contribution in [0, 0.1) is 5.82 Å². The maximum absolute atomic E-state index is 14.0. The fourth-order valence-electron chi connectivity index (χ4n) is 2.74. The molecule has 1 N–H and O–H groups in total. The molecule has 2 aromatic carbocycles. The molecule has 0 amide bonds. The molecule has 0 spiro atoms. The maximum atomic E-state index is 14.0. The van der Waals surface area contributed by atoms with Crippen LogP contribution in [0.15, 0.2) is 46.9 Å². The summed E-state index contributed by atoms with van der Waals surface area (Å²) in [5, 5.41) is 10.6. The lowest BCUT2D eigenvalue weighted by Crippen LogP contribution is -2.14. The highest BCUT2D eigenvalue weighted by Crippen LogP contribution is 2.40. The first kappa shape index (κ1) is 13.8. The van der Waals surface area contributed by atoms with Gasteiger partial charge in [0, 0.05) is 10.0 Å². The van der Waals surface area contributed by atoms with E-state index in [1.807, 2.05) is 18.2 Å². The smallest absolute Gasteiger partial charge is 0.130 e. The van der Waals surface area contributed by atoms with Crippen molar-refractivity contribution in [2.24, 2.45) is 0 Å². The van der Waals surface area contributed by atoms with Crippen molar-refractivity contribution in [1.82, 2.24) is 0 Å². The van der Waals surface area contributed by atoms with E-state index in [2.05, 4.69) is 22.0 Å². The summed E-state index contributed by atoms with van der Waals surface area (Å²) in [6.07, 6.45) is 2.65. The molecule has 1 aliphatic rings. The highest BCUT2D eigenvalue weighted by molar-refractivity contribution is 9.10. The van der Waals surface area contributed by atoms with Gasteiger partial charge in [-0.25, -0.2) is 4.39 Å². The van der Waals surface area contributed by atoms with Gasteiger partial charge in [-0.3, -0.25) is 0 Å². The summed E-state index contributed by atoms with van der Waals surface area (Å²) < 4.78 is 14.7. The highest BCUT2D eigenvalue weighted by atomic mass is 79.9. The number of rotatable bonds is 3. The van der Waals surface area contributed by atoms with Crippen molar-refractivity contribution in [1.29, 1.82) is 0 Å². The summed E-state index contributed by atoms with van der Waals surface area (Å²) in [6, 6.07) is 12.6. The van der Waals surface area contributed by atoms with Gasteiger partial charge < -0.3 is 5.11 Å². The minimum absolute atomic E-state index is 0.333. The van der Waals surface area contributed by atoms with Crippen LogP contribution in [0.2, 0.25) is 0 Å². The Balaban J connectivity index is 1.99. The van der Waals surface area contributed by atoms with E-state index in [0.29, 0.717) is 16.0 Å². The second-order valence-electron chi connectivity index (χ2n) is 5.33. The van der Waals surface area contributed by atoms with Gasteiger partial charge in [-0.1, -0.05) is 52.7 Å². The Kier molecular flexibility index (Phi) is 3.90. The molecule has 0 radical (unpaired) electrons. The van der Waals surface area contributed by atoms with Crippen LogP contribution in [0.5, 0.6) is 0 Å². The molecule has 0 aromatic heterocycles. The number of aliphatic hydroxyl groups is 1. The van der Waals surface area contributed by atoms with E-state index in [9.17, 15) is 9.50 Å². The molecular weight excluding hydrogens is 319 g/mol. The van der Waals surface area contributed by atoms with Crippen LogP contribution >= 0.6 is 15.9 Å². The molecule has 1 aliphatic carbocycles. The summed E-state index contributed by atoms with van der Waals surface area (Å²) >= 11 is 3.24. The Morgan fingerprint density at radius 2 is 1.85 bits per heavy atom. The van der Waals surface area contributed by atoms with Crippen molar-refractivity contribution in [2.45, 2.75) is 31.3 Å². The molecule has 1 fully saturated rings. The zero-order valence-electron chi connectivity index (χ0n) is 11.0. The lowest BCUT2D eigenvalue weighted by molar-refractivity contribution is 0.212. The number of hydrogen-bond acceptors (Lipinski definition) is 1. The molecule has 1 atom stereocenters. The summed E-state index contributed by atoms with van der Waals surface area (Å²) in [4.78, 5) is 0. The van der Waals surface area contributed by atoms with E-state index in [0.717, 1.165) is 24.0 Å². The third-order valence-electron chi connectivity index (χ3n) is 4.09. The van der Waals surface area contributed by atoms with Crippen LogP contribution in [0.25, 0.3) is 0 Å². The summed E-state index contributed by atoms with van der Waals surface area (Å²) in [6.45, 7) is 0. The normalized spacial score (nSPS) is 16.8. The standard InChI is InChI=1S/C17H16BrFO/c18-12-8-9-15(16(19)10-12)17(20)14-7-2-1-6-13(14)11-4-3-5-11/h1-2,6-11,17,20H,3-5H2. The molecule has 0 bridgehead atoms. The van der Waals surface area contributed by atoms with Gasteiger partial charge in [-0.05, 0) is 42.0 Å². The van der Waals surface area contributed by atoms with Crippen molar-refractivity contribution < 1.29 is 9.50 Å². The Morgan fingerprint density at radius 1 is 1.10 bits per heavy atom. The van der Waals surface area contributed by atoms with E-state index in [1.54, 1.807) is 12.1 Å². The summed E-state index contributed by atoms with van der Waals surface area (Å²) in [7, 11) is 0. The molecule has 1 saturated carbocycles. The lowest BCUT2D eigenvalue weighted by atomic mass is 9.77. The van der Waals surface area contributed by atoms with Crippen molar-refractivity contribution in [3.8, 4) is 0 Å². The van der Waals surface area contributed by atoms with Gasteiger partial charge in [0.25, 0.3) is 0 Å². The van der Waals surface area contributed by atoms with Crippen LogP contribution in [0.4, 0.5) is 4.39 Å². The van der Waals surface area contributed by atoms with Gasteiger partial charge in [0.15, 0.2) is 0 Å². The van der Waals surface area contributed by atoms with Crippen molar-refractivity contribution in [2.75, 3.05) is 0 Å². The summed E-state index contributed by atoms with van der Waals surface area (Å²) in [5.41, 5.74) is 2.33. The van der Waals surface area contributed by atoms with Crippen molar-refractivity contribution in [3.05, 3.63) is 69.4 Å². The minimum atomic E-state index is -0.903. The predicted octanol–water partition coefficient (Wildman–Crippen LogP) is 4.94. The number of hydrogen-bond donors (Lipinski definition) is 1. The first-order valence-corrected chi connectivity index (χ1v) is 7.68. The van der Waals surface area contributed by atoms with E-state index < -0.39 is 6.10 Å². The van der Waals surface area contributed by atoms with Crippen LogP contribution in [-0.2, 0) is 0 Å². The molecule has 3 heteroatoms. The fraction of sp³-hybridized carbons (Fsp3) is 0.294. The average molecular weight is 335 g/mol. The first-order chi connectivity index (χ1) is 9.66. The van der Waals surface area contributed by atoms with E-state index in [4.69, 9.17) is 0 Å². The number of aliphatic hydroxyl groups excluding tert-OH is 1. The van der Waals surface area contributed by atoms with E-state index >= 15 is 0 Å². The van der Waals surface area contributed by atoms with Gasteiger partial charge in [0.2, 0.25) is 0 Å².